The van der Waals surface area contributed by atoms with Crippen molar-refractivity contribution in [3.63, 3.8) is 0 Å². The van der Waals surface area contributed by atoms with Crippen molar-refractivity contribution in [2.45, 2.75) is 45.6 Å². The molecule has 0 radical (unpaired) electrons. The molecule has 0 saturated heterocycles. The van der Waals surface area contributed by atoms with Crippen LogP contribution >= 0.6 is 11.3 Å². The van der Waals surface area contributed by atoms with Crippen LogP contribution in [0, 0.1) is 6.92 Å². The average Bonchev–Trinajstić information content (AvgIpc) is 3.23. The Hall–Kier alpha value is -2.82. The van der Waals surface area contributed by atoms with E-state index >= 15 is 0 Å². The summed E-state index contributed by atoms with van der Waals surface area (Å²) in [5, 5.41) is 9.82. The minimum atomic E-state index is -0.470. The lowest BCUT2D eigenvalue weighted by molar-refractivity contribution is 0.199. The molecule has 0 saturated carbocycles. The molecule has 0 aliphatic heterocycles. The fraction of sp³-hybridized carbons (Fsp3) is 0.259. The number of thiophene rings is 1. The van der Waals surface area contributed by atoms with Gasteiger partial charge in [-0.05, 0) is 68.0 Å². The van der Waals surface area contributed by atoms with Crippen molar-refractivity contribution < 1.29 is 5.11 Å². The maximum absolute atomic E-state index is 9.82. The molecule has 2 heterocycles. The smallest absolute Gasteiger partial charge is 0.133 e. The van der Waals surface area contributed by atoms with Gasteiger partial charge in [0.2, 0.25) is 0 Å². The van der Waals surface area contributed by atoms with E-state index in [9.17, 15) is 5.11 Å². The van der Waals surface area contributed by atoms with Crippen LogP contribution in [-0.2, 0) is 19.3 Å². The molecule has 1 atom stereocenters. The first-order valence-electron chi connectivity index (χ1n) is 10.8. The lowest BCUT2D eigenvalue weighted by Crippen LogP contribution is -1.99. The fourth-order valence-electron chi connectivity index (χ4n) is 3.75. The third kappa shape index (κ3) is 5.87. The van der Waals surface area contributed by atoms with Gasteiger partial charge in [0.15, 0.2) is 0 Å². The highest BCUT2D eigenvalue weighted by Crippen LogP contribution is 2.28. The van der Waals surface area contributed by atoms with Crippen LogP contribution in [0.4, 0.5) is 0 Å². The third-order valence-corrected chi connectivity index (χ3v) is 6.55. The Morgan fingerprint density at radius 3 is 2.61 bits per heavy atom. The highest BCUT2D eigenvalue weighted by atomic mass is 32.1. The maximum atomic E-state index is 9.82. The Morgan fingerprint density at radius 2 is 1.77 bits per heavy atom. The van der Waals surface area contributed by atoms with Crippen LogP contribution in [-0.4, -0.2) is 15.1 Å². The molecule has 2 aromatic heterocycles. The number of benzene rings is 2. The van der Waals surface area contributed by atoms with E-state index in [2.05, 4.69) is 54.4 Å². The number of aromatic nitrogens is 2. The summed E-state index contributed by atoms with van der Waals surface area (Å²) in [5.74, 6) is 0.801. The second-order valence-electron chi connectivity index (χ2n) is 8.06. The molecule has 31 heavy (non-hydrogen) atoms. The van der Waals surface area contributed by atoms with E-state index < -0.39 is 6.10 Å². The molecule has 158 valence electrons. The molecule has 0 spiro atoms. The lowest BCUT2D eigenvalue weighted by atomic mass is 10.0. The first kappa shape index (κ1) is 21.4. The average molecular weight is 429 g/mol. The van der Waals surface area contributed by atoms with Gasteiger partial charge in [0.05, 0.1) is 16.7 Å². The number of aryl methyl sites for hydroxylation is 3. The van der Waals surface area contributed by atoms with Gasteiger partial charge in [0, 0.05) is 17.5 Å². The largest absolute Gasteiger partial charge is 0.389 e. The van der Waals surface area contributed by atoms with Crippen molar-refractivity contribution in [1.29, 1.82) is 0 Å². The predicted octanol–water partition coefficient (Wildman–Crippen LogP) is 6.33. The summed E-state index contributed by atoms with van der Waals surface area (Å²) in [6.07, 6.45) is 5.37. The second kappa shape index (κ2) is 9.99. The standard InChI is InChI=1S/C27H28N2OS/c1-19-6-3-7-21(16-19)8-5-11-24-12-13-26(31-24)25-14-15-28-27(29-25)18-22-9-4-10-23(17-22)20(2)30/h3-4,6-7,9-10,12-17,20,30H,5,8,11,18H2,1-2H3. The molecule has 4 aromatic rings. The summed E-state index contributed by atoms with van der Waals surface area (Å²) in [6, 6.07) is 23.2. The molecule has 4 rings (SSSR count). The van der Waals surface area contributed by atoms with Gasteiger partial charge in [-0.3, -0.25) is 0 Å². The Balaban J connectivity index is 1.40. The molecular formula is C27H28N2OS. The Kier molecular flexibility index (Phi) is 6.90. The Morgan fingerprint density at radius 1 is 0.935 bits per heavy atom. The normalized spacial score (nSPS) is 12.1. The highest BCUT2D eigenvalue weighted by molar-refractivity contribution is 7.15. The molecule has 0 aliphatic rings. The zero-order valence-corrected chi connectivity index (χ0v) is 18.9. The highest BCUT2D eigenvalue weighted by Gasteiger charge is 2.08. The van der Waals surface area contributed by atoms with Gasteiger partial charge in [0.1, 0.15) is 5.82 Å². The van der Waals surface area contributed by atoms with Gasteiger partial charge in [-0.1, -0.05) is 54.1 Å². The fourth-order valence-corrected chi connectivity index (χ4v) is 4.77. The van der Waals surface area contributed by atoms with E-state index in [0.717, 1.165) is 41.9 Å². The van der Waals surface area contributed by atoms with Gasteiger partial charge >= 0.3 is 0 Å². The zero-order valence-electron chi connectivity index (χ0n) is 18.1. The van der Waals surface area contributed by atoms with Crippen molar-refractivity contribution in [2.75, 3.05) is 0 Å². The lowest BCUT2D eigenvalue weighted by Gasteiger charge is -2.07. The first-order chi connectivity index (χ1) is 15.1. The van der Waals surface area contributed by atoms with Gasteiger partial charge in [-0.15, -0.1) is 11.3 Å². The molecule has 0 fully saturated rings. The van der Waals surface area contributed by atoms with E-state index in [0.29, 0.717) is 6.42 Å². The molecule has 1 unspecified atom stereocenters. The van der Waals surface area contributed by atoms with Crippen molar-refractivity contribution in [3.8, 4) is 10.6 Å². The van der Waals surface area contributed by atoms with Crippen LogP contribution in [0.25, 0.3) is 10.6 Å². The van der Waals surface area contributed by atoms with Gasteiger partial charge in [-0.25, -0.2) is 9.97 Å². The molecule has 0 aliphatic carbocycles. The predicted molar refractivity (Wildman–Crippen MR) is 128 cm³/mol. The monoisotopic (exact) mass is 428 g/mol. The first-order valence-corrected chi connectivity index (χ1v) is 11.6. The minimum absolute atomic E-state index is 0.470. The number of aliphatic hydroxyl groups excluding tert-OH is 1. The molecular weight excluding hydrogens is 400 g/mol. The van der Waals surface area contributed by atoms with Crippen molar-refractivity contribution in [1.82, 2.24) is 9.97 Å². The summed E-state index contributed by atoms with van der Waals surface area (Å²) in [4.78, 5) is 11.8. The summed E-state index contributed by atoms with van der Waals surface area (Å²) < 4.78 is 0. The summed E-state index contributed by atoms with van der Waals surface area (Å²) in [5.41, 5.74) is 5.75. The van der Waals surface area contributed by atoms with E-state index in [1.807, 2.05) is 41.8 Å². The van der Waals surface area contributed by atoms with Crippen LogP contribution < -0.4 is 0 Å². The number of hydrogen-bond acceptors (Lipinski definition) is 4. The summed E-state index contributed by atoms with van der Waals surface area (Å²) >= 11 is 1.82. The second-order valence-corrected chi connectivity index (χ2v) is 9.23. The molecule has 3 nitrogen and oxygen atoms in total. The van der Waals surface area contributed by atoms with E-state index in [-0.39, 0.29) is 0 Å². The molecule has 0 bridgehead atoms. The molecule has 1 N–H and O–H groups in total. The number of aliphatic hydroxyl groups is 1. The molecule has 2 aromatic carbocycles. The summed E-state index contributed by atoms with van der Waals surface area (Å²) in [6.45, 7) is 3.93. The Labute approximate surface area is 188 Å². The van der Waals surface area contributed by atoms with E-state index in [4.69, 9.17) is 4.98 Å². The molecule has 0 amide bonds. The van der Waals surface area contributed by atoms with E-state index in [1.54, 1.807) is 6.92 Å². The topological polar surface area (TPSA) is 46.0 Å². The number of rotatable bonds is 8. The van der Waals surface area contributed by atoms with Crippen LogP contribution in [0.1, 0.15) is 52.4 Å². The van der Waals surface area contributed by atoms with Crippen molar-refractivity contribution >= 4 is 11.3 Å². The number of hydrogen-bond donors (Lipinski definition) is 1. The minimum Gasteiger partial charge on any atom is -0.389 e. The van der Waals surface area contributed by atoms with Gasteiger partial charge in [-0.2, -0.15) is 0 Å². The van der Waals surface area contributed by atoms with Crippen LogP contribution in [0.15, 0.2) is 72.9 Å². The third-order valence-electron chi connectivity index (χ3n) is 5.39. The SMILES string of the molecule is Cc1cccc(CCCc2ccc(-c3ccnc(Cc4cccc(C(C)O)c4)n3)s2)c1. The van der Waals surface area contributed by atoms with Crippen LogP contribution in [0.5, 0.6) is 0 Å². The maximum Gasteiger partial charge on any atom is 0.133 e. The van der Waals surface area contributed by atoms with Crippen LogP contribution in [0.3, 0.4) is 0 Å². The zero-order chi connectivity index (χ0) is 21.6. The van der Waals surface area contributed by atoms with Crippen molar-refractivity contribution in [2.24, 2.45) is 0 Å². The van der Waals surface area contributed by atoms with Gasteiger partial charge < -0.3 is 5.11 Å². The van der Waals surface area contributed by atoms with Gasteiger partial charge in [0.25, 0.3) is 0 Å². The summed E-state index contributed by atoms with van der Waals surface area (Å²) in [7, 11) is 0. The molecule has 4 heteroatoms. The van der Waals surface area contributed by atoms with Crippen LogP contribution in [0.2, 0.25) is 0 Å². The Bertz CT molecular complexity index is 1150. The quantitative estimate of drug-likeness (QED) is 0.356. The number of nitrogens with zero attached hydrogens (tertiary/aromatic N) is 2. The van der Waals surface area contributed by atoms with E-state index in [1.165, 1.54) is 20.9 Å². The van der Waals surface area contributed by atoms with Crippen molar-refractivity contribution in [3.05, 3.63) is 106 Å².